The minimum absolute atomic E-state index is 0.0780. The van der Waals surface area contributed by atoms with E-state index in [0.29, 0.717) is 12.1 Å². The van der Waals surface area contributed by atoms with E-state index in [1.165, 1.54) is 36.4 Å². The Morgan fingerprint density at radius 2 is 1.75 bits per heavy atom. The number of hydrogen-bond acceptors (Lipinski definition) is 7. The Bertz CT molecular complexity index is 1140. The maximum atomic E-state index is 13.3. The summed E-state index contributed by atoms with van der Waals surface area (Å²) in [5.41, 5.74) is 0.486. The number of sulfone groups is 1. The summed E-state index contributed by atoms with van der Waals surface area (Å²) in [6.45, 7) is 4.61. The standard InChI is InChI=1S/C22H23BrFN3O4S/c23-17-4-8-19(9-5-17)32(28,29)22-21(25-10-1-11-27-12-14-30-15-13-27)31-20(26-22)16-2-6-18(24)7-3-16/h2-9,25H,1,10-15H2. The zero-order chi connectivity index (χ0) is 22.6. The van der Waals surface area contributed by atoms with Gasteiger partial charge < -0.3 is 14.5 Å². The molecule has 0 amide bonds. The Balaban J connectivity index is 1.58. The molecular formula is C22H23BrFN3O4S. The first-order chi connectivity index (χ1) is 15.4. The highest BCUT2D eigenvalue weighted by molar-refractivity contribution is 9.10. The molecule has 0 unspecified atom stereocenters. The van der Waals surface area contributed by atoms with Crippen molar-refractivity contribution in [2.45, 2.75) is 16.3 Å². The summed E-state index contributed by atoms with van der Waals surface area (Å²) in [5, 5.41) is 2.90. The SMILES string of the molecule is O=S(=O)(c1ccc(Br)cc1)c1nc(-c2ccc(F)cc2)oc1NCCCN1CCOCC1. The van der Waals surface area contributed by atoms with Crippen LogP contribution in [0.1, 0.15) is 6.42 Å². The Morgan fingerprint density at radius 1 is 1.06 bits per heavy atom. The Hall–Kier alpha value is -2.27. The third-order valence-electron chi connectivity index (χ3n) is 5.11. The fourth-order valence-corrected chi connectivity index (χ4v) is 4.91. The Kier molecular flexibility index (Phi) is 7.24. The van der Waals surface area contributed by atoms with E-state index in [-0.39, 0.29) is 21.7 Å². The van der Waals surface area contributed by atoms with Gasteiger partial charge in [0, 0.05) is 29.7 Å². The second-order valence-electron chi connectivity index (χ2n) is 7.35. The highest BCUT2D eigenvalue weighted by atomic mass is 79.9. The minimum atomic E-state index is -3.93. The average molecular weight is 524 g/mol. The monoisotopic (exact) mass is 523 g/mol. The summed E-state index contributed by atoms with van der Waals surface area (Å²) in [6, 6.07) is 11.9. The molecule has 32 heavy (non-hydrogen) atoms. The van der Waals surface area contributed by atoms with Gasteiger partial charge in [-0.2, -0.15) is 4.98 Å². The molecule has 1 saturated heterocycles. The van der Waals surface area contributed by atoms with Gasteiger partial charge in [0.15, 0.2) is 0 Å². The summed E-state index contributed by atoms with van der Waals surface area (Å²) >= 11 is 3.31. The van der Waals surface area contributed by atoms with Gasteiger partial charge >= 0.3 is 0 Å². The van der Waals surface area contributed by atoms with Gasteiger partial charge in [-0.05, 0) is 61.5 Å². The van der Waals surface area contributed by atoms with Gasteiger partial charge in [-0.1, -0.05) is 15.9 Å². The van der Waals surface area contributed by atoms with Gasteiger partial charge in [-0.15, -0.1) is 0 Å². The maximum absolute atomic E-state index is 13.3. The largest absolute Gasteiger partial charge is 0.419 e. The number of nitrogens with one attached hydrogen (secondary N) is 1. The summed E-state index contributed by atoms with van der Waals surface area (Å²) < 4.78 is 51.8. The third kappa shape index (κ3) is 5.37. The predicted molar refractivity (Wildman–Crippen MR) is 122 cm³/mol. The van der Waals surface area contributed by atoms with Crippen molar-refractivity contribution >= 4 is 31.7 Å². The topological polar surface area (TPSA) is 84.7 Å². The lowest BCUT2D eigenvalue weighted by Crippen LogP contribution is -2.37. The van der Waals surface area contributed by atoms with Crippen LogP contribution < -0.4 is 5.32 Å². The Labute approximate surface area is 194 Å². The molecule has 1 aliphatic rings. The molecule has 1 aromatic heterocycles. The number of aromatic nitrogens is 1. The molecule has 3 aromatic rings. The van der Waals surface area contributed by atoms with Gasteiger partial charge in [0.25, 0.3) is 0 Å². The lowest BCUT2D eigenvalue weighted by Gasteiger charge is -2.26. The summed E-state index contributed by atoms with van der Waals surface area (Å²) in [7, 11) is -3.93. The van der Waals surface area contributed by atoms with Crippen LogP contribution in [-0.4, -0.2) is 57.7 Å². The van der Waals surface area contributed by atoms with E-state index in [2.05, 4.69) is 31.1 Å². The van der Waals surface area contributed by atoms with Gasteiger partial charge in [-0.3, -0.25) is 4.90 Å². The van der Waals surface area contributed by atoms with Crippen molar-refractivity contribution in [2.75, 3.05) is 44.7 Å². The number of benzene rings is 2. The van der Waals surface area contributed by atoms with E-state index in [1.807, 2.05) is 0 Å². The lowest BCUT2D eigenvalue weighted by atomic mass is 10.2. The molecule has 2 heterocycles. The number of morpholine rings is 1. The van der Waals surface area contributed by atoms with Crippen molar-refractivity contribution in [3.63, 3.8) is 0 Å². The smallest absolute Gasteiger partial charge is 0.233 e. The molecule has 1 N–H and O–H groups in total. The molecule has 0 atom stereocenters. The molecule has 7 nitrogen and oxygen atoms in total. The van der Waals surface area contributed by atoms with Crippen LogP contribution in [0.3, 0.4) is 0 Å². The van der Waals surface area contributed by atoms with Gasteiger partial charge in [0.05, 0.1) is 18.1 Å². The normalized spacial score (nSPS) is 15.1. The quantitative estimate of drug-likeness (QED) is 0.442. The Morgan fingerprint density at radius 3 is 2.44 bits per heavy atom. The fraction of sp³-hybridized carbons (Fsp3) is 0.318. The molecule has 1 aliphatic heterocycles. The van der Waals surface area contributed by atoms with E-state index < -0.39 is 15.7 Å². The van der Waals surface area contributed by atoms with Crippen LogP contribution in [0, 0.1) is 5.82 Å². The molecule has 0 saturated carbocycles. The van der Waals surface area contributed by atoms with Crippen LogP contribution in [0.4, 0.5) is 10.3 Å². The number of oxazole rings is 1. The van der Waals surface area contributed by atoms with Crippen molar-refractivity contribution in [3.8, 4) is 11.5 Å². The summed E-state index contributed by atoms with van der Waals surface area (Å²) in [4.78, 5) is 6.68. The molecule has 0 aliphatic carbocycles. The number of rotatable bonds is 8. The van der Waals surface area contributed by atoms with Crippen molar-refractivity contribution in [3.05, 3.63) is 58.8 Å². The predicted octanol–water partition coefficient (Wildman–Crippen LogP) is 4.21. The van der Waals surface area contributed by atoms with Crippen LogP contribution >= 0.6 is 15.9 Å². The van der Waals surface area contributed by atoms with E-state index in [1.54, 1.807) is 12.1 Å². The molecule has 0 radical (unpaired) electrons. The summed E-state index contributed by atoms with van der Waals surface area (Å²) in [5.74, 6) is -0.213. The first-order valence-corrected chi connectivity index (χ1v) is 12.5. The molecule has 10 heteroatoms. The molecule has 2 aromatic carbocycles. The third-order valence-corrected chi connectivity index (χ3v) is 7.31. The van der Waals surface area contributed by atoms with Gasteiger partial charge in [0.2, 0.25) is 26.6 Å². The van der Waals surface area contributed by atoms with Crippen LogP contribution in [0.5, 0.6) is 0 Å². The van der Waals surface area contributed by atoms with E-state index in [0.717, 1.165) is 43.7 Å². The highest BCUT2D eigenvalue weighted by Gasteiger charge is 2.28. The zero-order valence-corrected chi connectivity index (χ0v) is 19.7. The van der Waals surface area contributed by atoms with Crippen LogP contribution in [0.2, 0.25) is 0 Å². The first-order valence-electron chi connectivity index (χ1n) is 10.2. The zero-order valence-electron chi connectivity index (χ0n) is 17.3. The van der Waals surface area contributed by atoms with Crippen molar-refractivity contribution in [1.82, 2.24) is 9.88 Å². The molecular weight excluding hydrogens is 501 g/mol. The minimum Gasteiger partial charge on any atom is -0.419 e. The average Bonchev–Trinajstić information content (AvgIpc) is 3.23. The van der Waals surface area contributed by atoms with E-state index in [9.17, 15) is 12.8 Å². The lowest BCUT2D eigenvalue weighted by molar-refractivity contribution is 0.0378. The second-order valence-corrected chi connectivity index (χ2v) is 10.1. The molecule has 4 rings (SSSR count). The van der Waals surface area contributed by atoms with Crippen LogP contribution in [0.25, 0.3) is 11.5 Å². The van der Waals surface area contributed by atoms with Crippen LogP contribution in [-0.2, 0) is 14.6 Å². The summed E-state index contributed by atoms with van der Waals surface area (Å²) in [6.07, 6.45) is 0.796. The molecule has 0 spiro atoms. The van der Waals surface area contributed by atoms with Crippen molar-refractivity contribution < 1.29 is 22.0 Å². The van der Waals surface area contributed by atoms with Crippen molar-refractivity contribution in [1.29, 1.82) is 0 Å². The number of halogens is 2. The first kappa shape index (κ1) is 22.9. The number of nitrogens with zero attached hydrogens (tertiary/aromatic N) is 2. The van der Waals surface area contributed by atoms with Crippen molar-refractivity contribution in [2.24, 2.45) is 0 Å². The number of ether oxygens (including phenoxy) is 1. The fourth-order valence-electron chi connectivity index (χ4n) is 3.37. The second kappa shape index (κ2) is 10.1. The molecule has 1 fully saturated rings. The highest BCUT2D eigenvalue weighted by Crippen LogP contribution is 2.32. The molecule has 0 bridgehead atoms. The van der Waals surface area contributed by atoms with Gasteiger partial charge in [-0.25, -0.2) is 12.8 Å². The molecule has 170 valence electrons. The van der Waals surface area contributed by atoms with E-state index >= 15 is 0 Å². The maximum Gasteiger partial charge on any atom is 0.233 e. The van der Waals surface area contributed by atoms with Gasteiger partial charge in [0.1, 0.15) is 5.82 Å². The van der Waals surface area contributed by atoms with E-state index in [4.69, 9.17) is 9.15 Å². The number of anilines is 1. The number of hydrogen-bond donors (Lipinski definition) is 1. The van der Waals surface area contributed by atoms with Crippen LogP contribution in [0.15, 0.2) is 67.3 Å².